The Hall–Kier alpha value is -2.74. The first kappa shape index (κ1) is 13.7. The lowest BCUT2D eigenvalue weighted by molar-refractivity contribution is 0.391. The van der Waals surface area contributed by atoms with Crippen LogP contribution in [-0.2, 0) is 6.54 Å². The zero-order chi connectivity index (χ0) is 14.4. The van der Waals surface area contributed by atoms with Crippen LogP contribution in [0.25, 0.3) is 0 Å². The van der Waals surface area contributed by atoms with E-state index in [1.807, 2.05) is 30.3 Å². The Kier molecular flexibility index (Phi) is 4.40. The quantitative estimate of drug-likeness (QED) is 0.903. The zero-order valence-corrected chi connectivity index (χ0v) is 11.4. The number of anilines is 1. The number of nitrogens with zero attached hydrogens (tertiary/aromatic N) is 2. The van der Waals surface area contributed by atoms with E-state index in [0.29, 0.717) is 12.2 Å². The molecule has 0 aliphatic carbocycles. The van der Waals surface area contributed by atoms with Gasteiger partial charge in [0.05, 0.1) is 14.2 Å². The summed E-state index contributed by atoms with van der Waals surface area (Å²) in [5, 5.41) is 12.0. The molecule has 1 aromatic carbocycles. The number of hydrogen-bond acceptors (Lipinski definition) is 5. The summed E-state index contributed by atoms with van der Waals surface area (Å²) in [4.78, 5) is 3.93. The van der Waals surface area contributed by atoms with Crippen molar-refractivity contribution in [2.45, 2.75) is 6.54 Å². The third-order valence-corrected chi connectivity index (χ3v) is 2.85. The standard InChI is InChI=1S/C15H15N3O2/c1-19-14-4-3-11(15(8-14)20-2)10-18-12-5-6-17-13(7-12)9-16/h3-8H,10H2,1-2H3,(H,17,18). The molecule has 0 spiro atoms. The summed E-state index contributed by atoms with van der Waals surface area (Å²) in [6.07, 6.45) is 1.60. The van der Waals surface area contributed by atoms with Gasteiger partial charge in [0.2, 0.25) is 0 Å². The van der Waals surface area contributed by atoms with E-state index >= 15 is 0 Å². The highest BCUT2D eigenvalue weighted by atomic mass is 16.5. The third-order valence-electron chi connectivity index (χ3n) is 2.85. The molecule has 20 heavy (non-hydrogen) atoms. The Balaban J connectivity index is 2.12. The summed E-state index contributed by atoms with van der Waals surface area (Å²) < 4.78 is 10.5. The summed E-state index contributed by atoms with van der Waals surface area (Å²) in [6, 6.07) is 11.2. The Labute approximate surface area is 117 Å². The maximum absolute atomic E-state index is 8.81. The predicted molar refractivity (Wildman–Crippen MR) is 75.8 cm³/mol. The average molecular weight is 269 g/mol. The largest absolute Gasteiger partial charge is 0.497 e. The van der Waals surface area contributed by atoms with E-state index in [4.69, 9.17) is 14.7 Å². The molecule has 0 bridgehead atoms. The second-order valence-corrected chi connectivity index (χ2v) is 4.07. The van der Waals surface area contributed by atoms with Gasteiger partial charge in [0, 0.05) is 30.1 Å². The fraction of sp³-hybridized carbons (Fsp3) is 0.200. The molecular weight excluding hydrogens is 254 g/mol. The molecule has 0 fully saturated rings. The molecule has 1 N–H and O–H groups in total. The highest BCUT2D eigenvalue weighted by Crippen LogP contribution is 2.25. The Morgan fingerprint density at radius 3 is 2.75 bits per heavy atom. The van der Waals surface area contributed by atoms with Crippen LogP contribution in [0.2, 0.25) is 0 Å². The first-order valence-electron chi connectivity index (χ1n) is 6.07. The van der Waals surface area contributed by atoms with Crippen LogP contribution >= 0.6 is 0 Å². The molecule has 0 unspecified atom stereocenters. The monoisotopic (exact) mass is 269 g/mol. The van der Waals surface area contributed by atoms with Crippen LogP contribution in [0.1, 0.15) is 11.3 Å². The first-order valence-corrected chi connectivity index (χ1v) is 6.07. The molecule has 0 saturated carbocycles. The number of pyridine rings is 1. The number of benzene rings is 1. The van der Waals surface area contributed by atoms with E-state index in [-0.39, 0.29) is 0 Å². The van der Waals surface area contributed by atoms with Crippen LogP contribution in [0.3, 0.4) is 0 Å². The molecule has 1 heterocycles. The predicted octanol–water partition coefficient (Wildman–Crippen LogP) is 2.58. The topological polar surface area (TPSA) is 67.2 Å². The summed E-state index contributed by atoms with van der Waals surface area (Å²) in [5.74, 6) is 1.51. The van der Waals surface area contributed by atoms with Crippen molar-refractivity contribution in [3.8, 4) is 17.6 Å². The van der Waals surface area contributed by atoms with Gasteiger partial charge in [-0.05, 0) is 24.3 Å². The highest BCUT2D eigenvalue weighted by molar-refractivity contribution is 5.48. The number of hydrogen-bond donors (Lipinski definition) is 1. The molecule has 5 nitrogen and oxygen atoms in total. The van der Waals surface area contributed by atoms with Crippen molar-refractivity contribution in [3.63, 3.8) is 0 Å². The van der Waals surface area contributed by atoms with Gasteiger partial charge < -0.3 is 14.8 Å². The molecule has 0 saturated heterocycles. The summed E-state index contributed by atoms with van der Waals surface area (Å²) in [5.41, 5.74) is 2.23. The van der Waals surface area contributed by atoms with Crippen LogP contribution in [0.4, 0.5) is 5.69 Å². The second-order valence-electron chi connectivity index (χ2n) is 4.07. The lowest BCUT2D eigenvalue weighted by Crippen LogP contribution is -2.02. The van der Waals surface area contributed by atoms with E-state index in [1.165, 1.54) is 0 Å². The molecule has 2 rings (SSSR count). The van der Waals surface area contributed by atoms with Crippen molar-refractivity contribution in [2.75, 3.05) is 19.5 Å². The molecule has 0 aliphatic rings. The maximum Gasteiger partial charge on any atom is 0.142 e. The maximum atomic E-state index is 8.81. The molecule has 102 valence electrons. The second kappa shape index (κ2) is 6.43. The number of aromatic nitrogens is 1. The Morgan fingerprint density at radius 1 is 1.20 bits per heavy atom. The zero-order valence-electron chi connectivity index (χ0n) is 11.4. The Morgan fingerprint density at radius 2 is 2.05 bits per heavy atom. The number of ether oxygens (including phenoxy) is 2. The third kappa shape index (κ3) is 3.18. The van der Waals surface area contributed by atoms with Crippen LogP contribution < -0.4 is 14.8 Å². The minimum atomic E-state index is 0.386. The molecule has 5 heteroatoms. The Bertz CT molecular complexity index is 635. The lowest BCUT2D eigenvalue weighted by Gasteiger charge is -2.12. The van der Waals surface area contributed by atoms with Gasteiger partial charge in [-0.15, -0.1) is 0 Å². The summed E-state index contributed by atoms with van der Waals surface area (Å²) in [6.45, 7) is 0.585. The fourth-order valence-electron chi connectivity index (χ4n) is 1.80. The lowest BCUT2D eigenvalue weighted by atomic mass is 10.2. The van der Waals surface area contributed by atoms with Gasteiger partial charge in [0.15, 0.2) is 0 Å². The van der Waals surface area contributed by atoms with Gasteiger partial charge in [-0.25, -0.2) is 4.98 Å². The normalized spacial score (nSPS) is 9.65. The SMILES string of the molecule is COc1ccc(CNc2ccnc(C#N)c2)c(OC)c1. The van der Waals surface area contributed by atoms with E-state index in [2.05, 4.69) is 10.3 Å². The average Bonchev–Trinajstić information content (AvgIpc) is 2.52. The molecular formula is C15H15N3O2. The minimum absolute atomic E-state index is 0.386. The van der Waals surface area contributed by atoms with Crippen molar-refractivity contribution >= 4 is 5.69 Å². The minimum Gasteiger partial charge on any atom is -0.497 e. The van der Waals surface area contributed by atoms with Gasteiger partial charge >= 0.3 is 0 Å². The van der Waals surface area contributed by atoms with Crippen molar-refractivity contribution in [3.05, 3.63) is 47.8 Å². The van der Waals surface area contributed by atoms with Gasteiger partial charge in [0.1, 0.15) is 23.3 Å². The van der Waals surface area contributed by atoms with Crippen molar-refractivity contribution in [2.24, 2.45) is 0 Å². The highest BCUT2D eigenvalue weighted by Gasteiger charge is 2.05. The number of nitriles is 1. The molecule has 0 aliphatic heterocycles. The van der Waals surface area contributed by atoms with E-state index in [0.717, 1.165) is 22.7 Å². The van der Waals surface area contributed by atoms with Crippen LogP contribution in [0.5, 0.6) is 11.5 Å². The van der Waals surface area contributed by atoms with Crippen molar-refractivity contribution in [1.29, 1.82) is 5.26 Å². The van der Waals surface area contributed by atoms with Gasteiger partial charge in [-0.3, -0.25) is 0 Å². The molecule has 1 aromatic heterocycles. The number of nitrogens with one attached hydrogen (secondary N) is 1. The van der Waals surface area contributed by atoms with Gasteiger partial charge in [-0.1, -0.05) is 0 Å². The summed E-state index contributed by atoms with van der Waals surface area (Å²) in [7, 11) is 3.24. The van der Waals surface area contributed by atoms with Gasteiger partial charge in [-0.2, -0.15) is 5.26 Å². The summed E-state index contributed by atoms with van der Waals surface area (Å²) >= 11 is 0. The molecule has 0 atom stereocenters. The smallest absolute Gasteiger partial charge is 0.142 e. The number of rotatable bonds is 5. The van der Waals surface area contributed by atoms with Crippen LogP contribution in [-0.4, -0.2) is 19.2 Å². The van der Waals surface area contributed by atoms with Gasteiger partial charge in [0.25, 0.3) is 0 Å². The molecule has 2 aromatic rings. The van der Waals surface area contributed by atoms with E-state index in [9.17, 15) is 0 Å². The van der Waals surface area contributed by atoms with E-state index < -0.39 is 0 Å². The van der Waals surface area contributed by atoms with Crippen LogP contribution in [0.15, 0.2) is 36.5 Å². The van der Waals surface area contributed by atoms with Crippen molar-refractivity contribution < 1.29 is 9.47 Å². The van der Waals surface area contributed by atoms with Crippen molar-refractivity contribution in [1.82, 2.24) is 4.98 Å². The molecule has 0 radical (unpaired) electrons. The van der Waals surface area contributed by atoms with E-state index in [1.54, 1.807) is 26.5 Å². The van der Waals surface area contributed by atoms with Crippen LogP contribution in [0, 0.1) is 11.3 Å². The number of methoxy groups -OCH3 is 2. The molecule has 0 amide bonds. The first-order chi connectivity index (χ1) is 9.76. The fourth-order valence-corrected chi connectivity index (χ4v) is 1.80.